The largest absolute Gasteiger partial charge is 0.488 e. The van der Waals surface area contributed by atoms with Gasteiger partial charge in [0.25, 0.3) is 0 Å². The Labute approximate surface area is 196 Å². The Morgan fingerprint density at radius 1 is 1.15 bits per heavy atom. The van der Waals surface area contributed by atoms with Crippen LogP contribution in [0.1, 0.15) is 25.8 Å². The van der Waals surface area contributed by atoms with Crippen LogP contribution in [0.5, 0.6) is 5.75 Å². The molecule has 33 heavy (non-hydrogen) atoms. The summed E-state index contributed by atoms with van der Waals surface area (Å²) in [7, 11) is 1.62. The molecule has 8 nitrogen and oxygen atoms in total. The van der Waals surface area contributed by atoms with E-state index in [0.717, 1.165) is 12.0 Å². The van der Waals surface area contributed by atoms with E-state index in [-0.39, 0.29) is 30.3 Å². The van der Waals surface area contributed by atoms with Crippen LogP contribution in [0.4, 0.5) is 22.0 Å². The fourth-order valence-corrected chi connectivity index (χ4v) is 3.12. The maximum absolute atomic E-state index is 14.5. The number of hydrogen-bond acceptors (Lipinski definition) is 7. The number of rotatable bonds is 11. The van der Waals surface area contributed by atoms with Crippen LogP contribution in [-0.2, 0) is 11.3 Å². The summed E-state index contributed by atoms with van der Waals surface area (Å²) in [5.41, 5.74) is 0.745. The molecule has 0 aliphatic carbocycles. The highest BCUT2D eigenvalue weighted by Crippen LogP contribution is 2.24. The Kier molecular flexibility index (Phi) is 8.62. The lowest BCUT2D eigenvalue weighted by Crippen LogP contribution is -2.28. The lowest BCUT2D eigenvalue weighted by molar-refractivity contribution is 0.197. The van der Waals surface area contributed by atoms with Gasteiger partial charge in [-0.1, -0.05) is 23.7 Å². The second-order valence-corrected chi connectivity index (χ2v) is 8.01. The molecule has 1 aromatic heterocycles. The number of nitrogens with one attached hydrogen (secondary N) is 2. The van der Waals surface area contributed by atoms with Gasteiger partial charge in [0.05, 0.1) is 12.6 Å². The molecule has 0 saturated carbocycles. The summed E-state index contributed by atoms with van der Waals surface area (Å²) < 4.78 is 26.3. The third-order valence-corrected chi connectivity index (χ3v) is 4.76. The first-order valence-electron chi connectivity index (χ1n) is 10.5. The average molecular weight is 476 g/mol. The van der Waals surface area contributed by atoms with Gasteiger partial charge >= 0.3 is 5.69 Å². The van der Waals surface area contributed by atoms with Crippen LogP contribution in [-0.4, -0.2) is 40.9 Å². The second-order valence-electron chi connectivity index (χ2n) is 7.58. The summed E-state index contributed by atoms with van der Waals surface area (Å²) in [6, 6.07) is 11.6. The molecule has 3 rings (SSSR count). The number of halogens is 2. The Balaban J connectivity index is 1.91. The number of methoxy groups -OCH3 is 1. The molecule has 0 aliphatic heterocycles. The van der Waals surface area contributed by atoms with Crippen molar-refractivity contribution in [3.8, 4) is 5.75 Å². The van der Waals surface area contributed by atoms with E-state index in [1.165, 1.54) is 16.7 Å². The Morgan fingerprint density at radius 2 is 1.91 bits per heavy atom. The van der Waals surface area contributed by atoms with Crippen LogP contribution >= 0.6 is 11.6 Å². The molecule has 0 radical (unpaired) electrons. The molecule has 176 valence electrons. The molecule has 0 bridgehead atoms. The predicted molar refractivity (Wildman–Crippen MR) is 127 cm³/mol. The number of nitrogens with zero attached hydrogens (tertiary/aromatic N) is 3. The number of aromatic nitrogens is 3. The van der Waals surface area contributed by atoms with Gasteiger partial charge in [0.15, 0.2) is 11.6 Å². The van der Waals surface area contributed by atoms with Crippen molar-refractivity contribution in [1.29, 1.82) is 0 Å². The molecular weight excluding hydrogens is 449 g/mol. The van der Waals surface area contributed by atoms with Gasteiger partial charge in [0, 0.05) is 37.0 Å². The van der Waals surface area contributed by atoms with E-state index in [2.05, 4.69) is 20.6 Å². The van der Waals surface area contributed by atoms with Gasteiger partial charge in [0.2, 0.25) is 11.9 Å². The van der Waals surface area contributed by atoms with Gasteiger partial charge in [-0.3, -0.25) is 4.57 Å². The Morgan fingerprint density at radius 3 is 2.58 bits per heavy atom. The van der Waals surface area contributed by atoms with E-state index in [9.17, 15) is 9.18 Å². The zero-order valence-corrected chi connectivity index (χ0v) is 19.5. The SMILES string of the molecule is COCCCNc1nc(Nc2ccc(OC(C)C)c(F)c2)n(Cc2ccc(Cl)cc2)c(=O)n1. The lowest BCUT2D eigenvalue weighted by Gasteiger charge is -2.16. The molecule has 0 atom stereocenters. The smallest absolute Gasteiger partial charge is 0.353 e. The van der Waals surface area contributed by atoms with Crippen LogP contribution in [0.15, 0.2) is 47.3 Å². The Bertz CT molecular complexity index is 1120. The highest BCUT2D eigenvalue weighted by molar-refractivity contribution is 6.30. The summed E-state index contributed by atoms with van der Waals surface area (Å²) in [5, 5.41) is 6.65. The Hall–Kier alpha value is -3.17. The minimum absolute atomic E-state index is 0.150. The van der Waals surface area contributed by atoms with Crippen molar-refractivity contribution < 1.29 is 13.9 Å². The lowest BCUT2D eigenvalue weighted by atomic mass is 10.2. The van der Waals surface area contributed by atoms with Gasteiger partial charge < -0.3 is 20.1 Å². The molecule has 0 fully saturated rings. The molecule has 2 aromatic carbocycles. The van der Waals surface area contributed by atoms with Gasteiger partial charge in [-0.15, -0.1) is 0 Å². The average Bonchev–Trinajstić information content (AvgIpc) is 2.77. The summed E-state index contributed by atoms with van der Waals surface area (Å²) in [5.74, 6) is 0.0203. The minimum atomic E-state index is -0.521. The fraction of sp³-hybridized carbons (Fsp3) is 0.348. The number of benzene rings is 2. The minimum Gasteiger partial charge on any atom is -0.488 e. The molecule has 0 spiro atoms. The standard InChI is InChI=1S/C23H27ClFN5O3/c1-15(2)33-20-10-9-18(13-19(20)25)27-22-28-21(26-11-4-12-32-3)29-23(31)30(22)14-16-5-7-17(24)8-6-16/h5-10,13,15H,4,11-12,14H2,1-3H3,(H2,26,27,28,29,31). The summed E-state index contributed by atoms with van der Waals surface area (Å²) in [4.78, 5) is 21.3. The van der Waals surface area contributed by atoms with Crippen molar-refractivity contribution in [1.82, 2.24) is 14.5 Å². The first-order valence-corrected chi connectivity index (χ1v) is 10.9. The molecule has 0 saturated heterocycles. The van der Waals surface area contributed by atoms with Crippen LogP contribution in [0.2, 0.25) is 5.02 Å². The van der Waals surface area contributed by atoms with Crippen molar-refractivity contribution in [2.45, 2.75) is 32.9 Å². The molecule has 0 unspecified atom stereocenters. The van der Waals surface area contributed by atoms with Crippen molar-refractivity contribution in [3.05, 3.63) is 69.4 Å². The topological polar surface area (TPSA) is 90.3 Å². The summed E-state index contributed by atoms with van der Waals surface area (Å²) in [6.07, 6.45) is 0.565. The highest BCUT2D eigenvalue weighted by atomic mass is 35.5. The van der Waals surface area contributed by atoms with Crippen LogP contribution < -0.4 is 21.1 Å². The van der Waals surface area contributed by atoms with E-state index >= 15 is 0 Å². The molecule has 0 aliphatic rings. The van der Waals surface area contributed by atoms with E-state index in [1.807, 2.05) is 26.0 Å². The first kappa shape index (κ1) is 24.5. The molecule has 3 aromatic rings. The third kappa shape index (κ3) is 7.16. The van der Waals surface area contributed by atoms with E-state index in [4.69, 9.17) is 21.1 Å². The maximum Gasteiger partial charge on any atom is 0.353 e. The van der Waals surface area contributed by atoms with Crippen molar-refractivity contribution in [2.75, 3.05) is 30.9 Å². The zero-order chi connectivity index (χ0) is 23.8. The summed E-state index contributed by atoms with van der Waals surface area (Å²) in [6.45, 7) is 4.95. The number of hydrogen-bond donors (Lipinski definition) is 2. The van der Waals surface area contributed by atoms with Gasteiger partial charge in [-0.25, -0.2) is 9.18 Å². The van der Waals surface area contributed by atoms with Crippen LogP contribution in [0, 0.1) is 5.82 Å². The fourth-order valence-electron chi connectivity index (χ4n) is 2.99. The van der Waals surface area contributed by atoms with Crippen molar-refractivity contribution in [2.24, 2.45) is 0 Å². The van der Waals surface area contributed by atoms with Gasteiger partial charge in [0.1, 0.15) is 0 Å². The monoisotopic (exact) mass is 475 g/mol. The van der Waals surface area contributed by atoms with E-state index in [1.54, 1.807) is 25.3 Å². The van der Waals surface area contributed by atoms with Crippen molar-refractivity contribution in [3.63, 3.8) is 0 Å². The molecule has 1 heterocycles. The number of ether oxygens (including phenoxy) is 2. The molecule has 2 N–H and O–H groups in total. The van der Waals surface area contributed by atoms with Gasteiger partial charge in [-0.05, 0) is 50.1 Å². The molecule has 0 amide bonds. The molecule has 10 heteroatoms. The summed E-state index contributed by atoms with van der Waals surface area (Å²) >= 11 is 5.97. The van der Waals surface area contributed by atoms with E-state index < -0.39 is 11.5 Å². The molecular formula is C23H27ClFN5O3. The quantitative estimate of drug-likeness (QED) is 0.396. The first-order chi connectivity index (χ1) is 15.9. The second kappa shape index (κ2) is 11.6. The predicted octanol–water partition coefficient (Wildman–Crippen LogP) is 4.46. The van der Waals surface area contributed by atoms with Crippen molar-refractivity contribution >= 4 is 29.2 Å². The normalized spacial score (nSPS) is 11.0. The third-order valence-electron chi connectivity index (χ3n) is 4.51. The van der Waals surface area contributed by atoms with Crippen LogP contribution in [0.3, 0.4) is 0 Å². The number of anilines is 3. The maximum atomic E-state index is 14.5. The highest BCUT2D eigenvalue weighted by Gasteiger charge is 2.13. The zero-order valence-electron chi connectivity index (χ0n) is 18.8. The van der Waals surface area contributed by atoms with Gasteiger partial charge in [-0.2, -0.15) is 9.97 Å². The van der Waals surface area contributed by atoms with E-state index in [0.29, 0.717) is 23.9 Å². The van der Waals surface area contributed by atoms with Crippen LogP contribution in [0.25, 0.3) is 0 Å².